The lowest BCUT2D eigenvalue weighted by atomic mass is 10.2. The molecule has 0 saturated heterocycles. The first-order valence-corrected chi connectivity index (χ1v) is 8.21. The SMILES string of the molecule is CCCN1Cc2nnc(CCNc3ccccc3)n2[C@H](C)C1=O. The molecule has 2 aromatic rings. The summed E-state index contributed by atoms with van der Waals surface area (Å²) in [5.41, 5.74) is 1.09. The number of para-hydroxylation sites is 1. The van der Waals surface area contributed by atoms with Crippen LogP contribution in [0.5, 0.6) is 0 Å². The number of fused-ring (bicyclic) bond motifs is 1. The third-order valence-electron chi connectivity index (χ3n) is 4.17. The van der Waals surface area contributed by atoms with Crippen LogP contribution in [0.1, 0.15) is 38.0 Å². The van der Waals surface area contributed by atoms with Crippen molar-refractivity contribution in [1.29, 1.82) is 0 Å². The van der Waals surface area contributed by atoms with Crippen molar-refractivity contribution in [2.75, 3.05) is 18.4 Å². The summed E-state index contributed by atoms with van der Waals surface area (Å²) in [5.74, 6) is 1.93. The van der Waals surface area contributed by atoms with Gasteiger partial charge in [-0.05, 0) is 25.5 Å². The summed E-state index contributed by atoms with van der Waals surface area (Å²) >= 11 is 0. The van der Waals surface area contributed by atoms with E-state index in [1.165, 1.54) is 0 Å². The summed E-state index contributed by atoms with van der Waals surface area (Å²) in [4.78, 5) is 14.3. The lowest BCUT2D eigenvalue weighted by Gasteiger charge is -2.31. The van der Waals surface area contributed by atoms with Crippen molar-refractivity contribution >= 4 is 11.6 Å². The molecule has 2 heterocycles. The van der Waals surface area contributed by atoms with Crippen LogP contribution in [0.4, 0.5) is 5.69 Å². The average Bonchev–Trinajstić information content (AvgIpc) is 2.96. The van der Waals surface area contributed by atoms with Gasteiger partial charge in [0.2, 0.25) is 5.91 Å². The van der Waals surface area contributed by atoms with Crippen LogP contribution in [0, 0.1) is 0 Å². The molecule has 1 aliphatic heterocycles. The summed E-state index contributed by atoms with van der Waals surface area (Å²) in [6.45, 7) is 6.13. The van der Waals surface area contributed by atoms with Crippen LogP contribution in [0.3, 0.4) is 0 Å². The predicted molar refractivity (Wildman–Crippen MR) is 89.1 cm³/mol. The number of nitrogens with one attached hydrogen (secondary N) is 1. The van der Waals surface area contributed by atoms with Gasteiger partial charge < -0.3 is 14.8 Å². The Morgan fingerprint density at radius 1 is 1.26 bits per heavy atom. The van der Waals surface area contributed by atoms with E-state index in [1.54, 1.807) is 0 Å². The van der Waals surface area contributed by atoms with Crippen LogP contribution in [0.15, 0.2) is 30.3 Å². The molecule has 0 fully saturated rings. The van der Waals surface area contributed by atoms with Gasteiger partial charge in [0.1, 0.15) is 11.9 Å². The molecule has 6 heteroatoms. The fourth-order valence-corrected chi connectivity index (χ4v) is 3.04. The molecule has 1 amide bonds. The topological polar surface area (TPSA) is 63.1 Å². The van der Waals surface area contributed by atoms with Gasteiger partial charge in [-0.25, -0.2) is 0 Å². The van der Waals surface area contributed by atoms with Gasteiger partial charge in [0, 0.05) is 25.2 Å². The Morgan fingerprint density at radius 2 is 2.04 bits per heavy atom. The first-order chi connectivity index (χ1) is 11.2. The van der Waals surface area contributed by atoms with E-state index in [4.69, 9.17) is 0 Å². The van der Waals surface area contributed by atoms with Crippen molar-refractivity contribution in [2.24, 2.45) is 0 Å². The van der Waals surface area contributed by atoms with Gasteiger partial charge in [0.25, 0.3) is 0 Å². The molecule has 122 valence electrons. The Bertz CT molecular complexity index is 667. The summed E-state index contributed by atoms with van der Waals surface area (Å²) in [7, 11) is 0. The normalized spacial score (nSPS) is 17.2. The van der Waals surface area contributed by atoms with E-state index in [9.17, 15) is 4.79 Å². The van der Waals surface area contributed by atoms with Crippen molar-refractivity contribution in [1.82, 2.24) is 19.7 Å². The van der Waals surface area contributed by atoms with Crippen LogP contribution in [-0.4, -0.2) is 38.7 Å². The van der Waals surface area contributed by atoms with Crippen molar-refractivity contribution < 1.29 is 4.79 Å². The highest BCUT2D eigenvalue weighted by Gasteiger charge is 2.32. The fourth-order valence-electron chi connectivity index (χ4n) is 3.04. The molecule has 6 nitrogen and oxygen atoms in total. The van der Waals surface area contributed by atoms with E-state index >= 15 is 0 Å². The molecule has 0 unspecified atom stereocenters. The fraction of sp³-hybridized carbons (Fsp3) is 0.471. The van der Waals surface area contributed by atoms with E-state index in [0.717, 1.165) is 43.3 Å². The van der Waals surface area contributed by atoms with E-state index < -0.39 is 0 Å². The van der Waals surface area contributed by atoms with Crippen molar-refractivity contribution in [3.05, 3.63) is 42.0 Å². The van der Waals surface area contributed by atoms with E-state index in [1.807, 2.05) is 46.7 Å². The van der Waals surface area contributed by atoms with E-state index in [0.29, 0.717) is 6.54 Å². The highest BCUT2D eigenvalue weighted by atomic mass is 16.2. The number of hydrogen-bond acceptors (Lipinski definition) is 4. The monoisotopic (exact) mass is 313 g/mol. The third-order valence-corrected chi connectivity index (χ3v) is 4.17. The van der Waals surface area contributed by atoms with E-state index in [2.05, 4.69) is 22.4 Å². The first-order valence-electron chi connectivity index (χ1n) is 8.21. The van der Waals surface area contributed by atoms with E-state index in [-0.39, 0.29) is 11.9 Å². The zero-order valence-corrected chi connectivity index (χ0v) is 13.7. The molecule has 0 radical (unpaired) electrons. The lowest BCUT2D eigenvalue weighted by molar-refractivity contribution is -0.137. The molecule has 0 bridgehead atoms. The molecule has 0 spiro atoms. The number of benzene rings is 1. The summed E-state index contributed by atoms with van der Waals surface area (Å²) in [5, 5.41) is 12.0. The smallest absolute Gasteiger partial charge is 0.245 e. The Labute approximate surface area is 136 Å². The minimum absolute atomic E-state index is 0.163. The lowest BCUT2D eigenvalue weighted by Crippen LogP contribution is -2.42. The van der Waals surface area contributed by atoms with Crippen LogP contribution in [0.2, 0.25) is 0 Å². The molecule has 1 aromatic heterocycles. The highest BCUT2D eigenvalue weighted by Crippen LogP contribution is 2.23. The number of anilines is 1. The molecule has 1 atom stereocenters. The minimum Gasteiger partial charge on any atom is -0.385 e. The number of rotatable bonds is 6. The standard InChI is InChI=1S/C17H23N5O/c1-3-11-21-12-16-20-19-15(22(16)13(2)17(21)23)9-10-18-14-7-5-4-6-8-14/h4-8,13,18H,3,9-12H2,1-2H3/t13-/m1/s1. The van der Waals surface area contributed by atoms with Crippen LogP contribution >= 0.6 is 0 Å². The van der Waals surface area contributed by atoms with Gasteiger partial charge in [0.15, 0.2) is 5.82 Å². The highest BCUT2D eigenvalue weighted by molar-refractivity contribution is 5.81. The number of carbonyl (C=O) groups excluding carboxylic acids is 1. The second-order valence-electron chi connectivity index (χ2n) is 5.88. The Balaban J connectivity index is 1.68. The van der Waals surface area contributed by atoms with Crippen LogP contribution < -0.4 is 5.32 Å². The van der Waals surface area contributed by atoms with Gasteiger partial charge in [-0.15, -0.1) is 10.2 Å². The zero-order valence-electron chi connectivity index (χ0n) is 13.7. The molecule has 1 aromatic carbocycles. The molecule has 1 N–H and O–H groups in total. The molecule has 23 heavy (non-hydrogen) atoms. The first kappa shape index (κ1) is 15.5. The summed E-state index contributed by atoms with van der Waals surface area (Å²) < 4.78 is 2.00. The molecular formula is C17H23N5O. The average molecular weight is 313 g/mol. The largest absolute Gasteiger partial charge is 0.385 e. The van der Waals surface area contributed by atoms with Crippen LogP contribution in [-0.2, 0) is 17.8 Å². The zero-order chi connectivity index (χ0) is 16.2. The van der Waals surface area contributed by atoms with Gasteiger partial charge in [-0.1, -0.05) is 25.1 Å². The van der Waals surface area contributed by atoms with Crippen molar-refractivity contribution in [3.8, 4) is 0 Å². The Hall–Kier alpha value is -2.37. The number of carbonyl (C=O) groups is 1. The number of amides is 1. The van der Waals surface area contributed by atoms with Gasteiger partial charge >= 0.3 is 0 Å². The quantitative estimate of drug-likeness (QED) is 0.888. The molecule has 0 saturated carbocycles. The van der Waals surface area contributed by atoms with Crippen molar-refractivity contribution in [3.63, 3.8) is 0 Å². The molecule has 1 aliphatic rings. The Kier molecular flexibility index (Phi) is 4.60. The van der Waals surface area contributed by atoms with Gasteiger partial charge in [-0.3, -0.25) is 4.79 Å². The minimum atomic E-state index is -0.216. The maximum atomic E-state index is 12.5. The molecule has 0 aliphatic carbocycles. The van der Waals surface area contributed by atoms with Gasteiger partial charge in [-0.2, -0.15) is 0 Å². The van der Waals surface area contributed by atoms with Gasteiger partial charge in [0.05, 0.1) is 6.54 Å². The number of nitrogens with zero attached hydrogens (tertiary/aromatic N) is 4. The third kappa shape index (κ3) is 3.21. The second-order valence-corrected chi connectivity index (χ2v) is 5.88. The maximum absolute atomic E-state index is 12.5. The maximum Gasteiger partial charge on any atom is 0.245 e. The summed E-state index contributed by atoms with van der Waals surface area (Å²) in [6.07, 6.45) is 1.70. The Morgan fingerprint density at radius 3 is 2.78 bits per heavy atom. The number of aromatic nitrogens is 3. The molecular weight excluding hydrogens is 290 g/mol. The summed E-state index contributed by atoms with van der Waals surface area (Å²) in [6, 6.07) is 9.86. The molecule has 3 rings (SSSR count). The number of hydrogen-bond donors (Lipinski definition) is 1. The van der Waals surface area contributed by atoms with Crippen molar-refractivity contribution in [2.45, 2.75) is 39.3 Å². The predicted octanol–water partition coefficient (Wildman–Crippen LogP) is 2.25. The second kappa shape index (κ2) is 6.81. The van der Waals surface area contributed by atoms with Crippen LogP contribution in [0.25, 0.3) is 0 Å².